The molecule has 0 amide bonds. The van der Waals surface area contributed by atoms with Crippen LogP contribution in [0.25, 0.3) is 0 Å². The molecule has 3 aromatic carbocycles. The molecule has 0 heterocycles. The second-order valence-electron chi connectivity index (χ2n) is 7.60. The fourth-order valence-electron chi connectivity index (χ4n) is 2.62. The van der Waals surface area contributed by atoms with Crippen molar-refractivity contribution < 1.29 is 14.3 Å². The highest BCUT2D eigenvalue weighted by atomic mass is 79.9. The first-order valence-electron chi connectivity index (χ1n) is 9.11. The third-order valence-electron chi connectivity index (χ3n) is 4.34. The van der Waals surface area contributed by atoms with Gasteiger partial charge in [0.05, 0.1) is 5.56 Å². The molecule has 0 N–H and O–H groups in total. The monoisotopic (exact) mass is 438 g/mol. The van der Waals surface area contributed by atoms with E-state index in [-0.39, 0.29) is 11.4 Å². The molecule has 0 aliphatic rings. The third kappa shape index (κ3) is 5.46. The van der Waals surface area contributed by atoms with Crippen LogP contribution >= 0.6 is 15.9 Å². The summed E-state index contributed by atoms with van der Waals surface area (Å²) in [6.07, 6.45) is 0. The molecule has 0 unspecified atom stereocenters. The minimum atomic E-state index is -0.371. The van der Waals surface area contributed by atoms with Gasteiger partial charge in [0.15, 0.2) is 0 Å². The molecule has 4 heteroatoms. The van der Waals surface area contributed by atoms with Gasteiger partial charge in [-0.25, -0.2) is 4.79 Å². The van der Waals surface area contributed by atoms with Crippen LogP contribution in [-0.2, 0) is 12.0 Å². The van der Waals surface area contributed by atoms with Crippen molar-refractivity contribution in [3.8, 4) is 11.5 Å². The minimum Gasteiger partial charge on any atom is -0.489 e. The Hall–Kier alpha value is -2.59. The van der Waals surface area contributed by atoms with Gasteiger partial charge in [-0.1, -0.05) is 61.0 Å². The van der Waals surface area contributed by atoms with Crippen LogP contribution in [0.2, 0.25) is 0 Å². The molecule has 3 rings (SSSR count). The fourth-order valence-corrected chi connectivity index (χ4v) is 2.89. The average molecular weight is 439 g/mol. The number of carbonyl (C=O) groups excluding carboxylic acids is 1. The minimum absolute atomic E-state index is 0.0662. The van der Waals surface area contributed by atoms with E-state index in [1.165, 1.54) is 5.56 Å². The third-order valence-corrected chi connectivity index (χ3v) is 4.87. The van der Waals surface area contributed by atoms with E-state index < -0.39 is 0 Å². The van der Waals surface area contributed by atoms with E-state index in [0.717, 1.165) is 15.8 Å². The molecule has 0 fully saturated rings. The van der Waals surface area contributed by atoms with Crippen molar-refractivity contribution in [2.24, 2.45) is 0 Å². The van der Waals surface area contributed by atoms with Crippen molar-refractivity contribution in [2.45, 2.75) is 32.8 Å². The summed E-state index contributed by atoms with van der Waals surface area (Å²) in [5.74, 6) is 0.968. The lowest BCUT2D eigenvalue weighted by Gasteiger charge is -2.19. The summed E-state index contributed by atoms with van der Waals surface area (Å²) >= 11 is 3.40. The molecule has 0 spiro atoms. The lowest BCUT2D eigenvalue weighted by molar-refractivity contribution is 0.0734. The molecule has 0 radical (unpaired) electrons. The van der Waals surface area contributed by atoms with Crippen LogP contribution in [0, 0.1) is 0 Å². The Morgan fingerprint density at radius 3 is 1.96 bits per heavy atom. The van der Waals surface area contributed by atoms with E-state index in [4.69, 9.17) is 9.47 Å². The van der Waals surface area contributed by atoms with Gasteiger partial charge in [0.1, 0.15) is 18.1 Å². The molecule has 0 aliphatic carbocycles. The zero-order chi connectivity index (χ0) is 20.1. The quantitative estimate of drug-likeness (QED) is 0.334. The van der Waals surface area contributed by atoms with E-state index in [2.05, 4.69) is 36.7 Å². The zero-order valence-corrected chi connectivity index (χ0v) is 17.8. The summed E-state index contributed by atoms with van der Waals surface area (Å²) in [5.41, 5.74) is 2.75. The average Bonchev–Trinajstić information content (AvgIpc) is 2.67. The normalized spacial score (nSPS) is 11.1. The maximum atomic E-state index is 12.4. The number of hydrogen-bond donors (Lipinski definition) is 0. The Balaban J connectivity index is 1.58. The molecule has 0 saturated heterocycles. The predicted octanol–water partition coefficient (Wildman–Crippen LogP) is 6.54. The Kier molecular flexibility index (Phi) is 6.20. The summed E-state index contributed by atoms with van der Waals surface area (Å²) in [7, 11) is 0. The molecule has 3 aromatic rings. The van der Waals surface area contributed by atoms with Crippen molar-refractivity contribution in [3.05, 3.63) is 94.0 Å². The van der Waals surface area contributed by atoms with Crippen LogP contribution in [0.4, 0.5) is 0 Å². The number of carbonyl (C=O) groups is 1. The molecule has 0 atom stereocenters. The van der Waals surface area contributed by atoms with Crippen LogP contribution in [0.3, 0.4) is 0 Å². The summed E-state index contributed by atoms with van der Waals surface area (Å²) in [6, 6.07) is 22.6. The molecular formula is C24H23BrO3. The van der Waals surface area contributed by atoms with E-state index in [1.807, 2.05) is 60.7 Å². The number of hydrogen-bond acceptors (Lipinski definition) is 3. The van der Waals surface area contributed by atoms with Crippen LogP contribution in [0.5, 0.6) is 11.5 Å². The number of esters is 1. The lowest BCUT2D eigenvalue weighted by atomic mass is 9.87. The summed E-state index contributed by atoms with van der Waals surface area (Å²) in [4.78, 5) is 12.4. The summed E-state index contributed by atoms with van der Waals surface area (Å²) in [5, 5.41) is 0. The Morgan fingerprint density at radius 1 is 0.821 bits per heavy atom. The topological polar surface area (TPSA) is 35.5 Å². The molecule has 0 aromatic heterocycles. The summed E-state index contributed by atoms with van der Waals surface area (Å²) < 4.78 is 12.2. The molecule has 144 valence electrons. The van der Waals surface area contributed by atoms with Crippen LogP contribution in [0.15, 0.2) is 77.3 Å². The van der Waals surface area contributed by atoms with Crippen molar-refractivity contribution in [3.63, 3.8) is 0 Å². The Labute approximate surface area is 174 Å². The number of rotatable bonds is 5. The summed E-state index contributed by atoms with van der Waals surface area (Å²) in [6.45, 7) is 6.88. The fraction of sp³-hybridized carbons (Fsp3) is 0.208. The van der Waals surface area contributed by atoms with Crippen molar-refractivity contribution >= 4 is 21.9 Å². The largest absolute Gasteiger partial charge is 0.489 e. The van der Waals surface area contributed by atoms with Crippen molar-refractivity contribution in [1.82, 2.24) is 0 Å². The maximum absolute atomic E-state index is 12.4. The maximum Gasteiger partial charge on any atom is 0.343 e. The standard InChI is InChI=1S/C24H23BrO3/c1-24(2,3)19-8-12-22(13-9-19)28-23(26)18-6-4-17(5-7-18)16-27-21-14-10-20(25)11-15-21/h4-15H,16H2,1-3H3. The smallest absolute Gasteiger partial charge is 0.343 e. The van der Waals surface area contributed by atoms with E-state index >= 15 is 0 Å². The SMILES string of the molecule is CC(C)(C)c1ccc(OC(=O)c2ccc(COc3ccc(Br)cc3)cc2)cc1. The lowest BCUT2D eigenvalue weighted by Crippen LogP contribution is -2.11. The van der Waals surface area contributed by atoms with Crippen molar-refractivity contribution in [1.29, 1.82) is 0 Å². The van der Waals surface area contributed by atoms with Gasteiger partial charge in [0, 0.05) is 4.47 Å². The second-order valence-corrected chi connectivity index (χ2v) is 8.52. The van der Waals surface area contributed by atoms with Gasteiger partial charge in [-0.2, -0.15) is 0 Å². The molecule has 0 bridgehead atoms. The first kappa shape index (κ1) is 20.2. The molecule has 3 nitrogen and oxygen atoms in total. The Bertz CT molecular complexity index is 922. The van der Waals surface area contributed by atoms with Gasteiger partial charge < -0.3 is 9.47 Å². The molecule has 0 saturated carbocycles. The van der Waals surface area contributed by atoms with E-state index in [1.54, 1.807) is 12.1 Å². The van der Waals surface area contributed by atoms with Crippen LogP contribution in [-0.4, -0.2) is 5.97 Å². The number of benzene rings is 3. The highest BCUT2D eigenvalue weighted by Gasteiger charge is 2.14. The highest BCUT2D eigenvalue weighted by Crippen LogP contribution is 2.24. The first-order valence-corrected chi connectivity index (χ1v) is 9.90. The van der Waals surface area contributed by atoms with Gasteiger partial charge in [-0.15, -0.1) is 0 Å². The Morgan fingerprint density at radius 2 is 1.39 bits per heavy atom. The zero-order valence-electron chi connectivity index (χ0n) is 16.2. The van der Waals surface area contributed by atoms with Gasteiger partial charge >= 0.3 is 5.97 Å². The number of ether oxygens (including phenoxy) is 2. The predicted molar refractivity (Wildman–Crippen MR) is 115 cm³/mol. The van der Waals surface area contributed by atoms with Gasteiger partial charge in [0.25, 0.3) is 0 Å². The van der Waals surface area contributed by atoms with Crippen molar-refractivity contribution in [2.75, 3.05) is 0 Å². The highest BCUT2D eigenvalue weighted by molar-refractivity contribution is 9.10. The molecule has 28 heavy (non-hydrogen) atoms. The second kappa shape index (κ2) is 8.61. The van der Waals surface area contributed by atoms with Crippen LogP contribution in [0.1, 0.15) is 42.3 Å². The van der Waals surface area contributed by atoms with Gasteiger partial charge in [0.2, 0.25) is 0 Å². The van der Waals surface area contributed by atoms with E-state index in [9.17, 15) is 4.79 Å². The van der Waals surface area contributed by atoms with Gasteiger partial charge in [-0.3, -0.25) is 0 Å². The van der Waals surface area contributed by atoms with Gasteiger partial charge in [-0.05, 0) is 65.1 Å². The molecule has 0 aliphatic heterocycles. The van der Waals surface area contributed by atoms with Crippen LogP contribution < -0.4 is 9.47 Å². The van der Waals surface area contributed by atoms with E-state index in [0.29, 0.717) is 17.9 Å². The first-order chi connectivity index (χ1) is 13.3. The molecular weight excluding hydrogens is 416 g/mol. The number of halogens is 1.